The van der Waals surface area contributed by atoms with Gasteiger partial charge in [-0.1, -0.05) is 6.07 Å². The van der Waals surface area contributed by atoms with Gasteiger partial charge >= 0.3 is 5.63 Å². The van der Waals surface area contributed by atoms with Crippen LogP contribution in [0.3, 0.4) is 0 Å². The fourth-order valence-corrected chi connectivity index (χ4v) is 4.01. The topological polar surface area (TPSA) is 115 Å². The summed E-state index contributed by atoms with van der Waals surface area (Å²) >= 11 is 0. The molecule has 8 nitrogen and oxygen atoms in total. The van der Waals surface area contributed by atoms with Crippen molar-refractivity contribution in [2.24, 2.45) is 0 Å². The van der Waals surface area contributed by atoms with Gasteiger partial charge in [-0.25, -0.2) is 17.6 Å². The van der Waals surface area contributed by atoms with Gasteiger partial charge in [0.25, 0.3) is 15.9 Å². The van der Waals surface area contributed by atoms with Gasteiger partial charge in [-0.05, 0) is 60.7 Å². The second-order valence-electron chi connectivity index (χ2n) is 6.93. The molecular formula is C23H17FN2O6S. The van der Waals surface area contributed by atoms with Crippen LogP contribution in [0.5, 0.6) is 5.75 Å². The molecule has 0 spiro atoms. The molecule has 1 amide bonds. The molecule has 0 bridgehead atoms. The average Bonchev–Trinajstić information content (AvgIpc) is 2.77. The van der Waals surface area contributed by atoms with Gasteiger partial charge in [0.1, 0.15) is 17.1 Å². The highest BCUT2D eigenvalue weighted by molar-refractivity contribution is 7.92. The van der Waals surface area contributed by atoms with E-state index in [-0.39, 0.29) is 17.2 Å². The summed E-state index contributed by atoms with van der Waals surface area (Å²) in [5, 5.41) is 3.31. The van der Waals surface area contributed by atoms with E-state index >= 15 is 0 Å². The number of halogens is 1. The molecule has 0 saturated heterocycles. The summed E-state index contributed by atoms with van der Waals surface area (Å²) in [7, 11) is -3.93. The first-order valence-electron chi connectivity index (χ1n) is 9.63. The van der Waals surface area contributed by atoms with Gasteiger partial charge in [0.15, 0.2) is 6.61 Å². The number of hydrogen-bond donors (Lipinski definition) is 2. The van der Waals surface area contributed by atoms with E-state index in [4.69, 9.17) is 9.15 Å². The maximum Gasteiger partial charge on any atom is 0.336 e. The SMILES string of the molecule is O=C(COc1ccc2ccc(=O)oc2c1)Nc1ccc(S(=O)(=O)Nc2cccc(F)c2)cc1. The molecule has 2 N–H and O–H groups in total. The van der Waals surface area contributed by atoms with E-state index in [0.29, 0.717) is 22.4 Å². The maximum absolute atomic E-state index is 13.3. The fourth-order valence-electron chi connectivity index (χ4n) is 2.96. The highest BCUT2D eigenvalue weighted by atomic mass is 32.2. The summed E-state index contributed by atoms with van der Waals surface area (Å²) in [5.41, 5.74) is 0.299. The minimum Gasteiger partial charge on any atom is -0.484 e. The molecule has 0 fully saturated rings. The molecule has 0 aliphatic heterocycles. The molecule has 3 aromatic carbocycles. The van der Waals surface area contributed by atoms with E-state index in [9.17, 15) is 22.4 Å². The van der Waals surface area contributed by atoms with Crippen LogP contribution < -0.4 is 20.4 Å². The summed E-state index contributed by atoms with van der Waals surface area (Å²) in [4.78, 5) is 23.5. The molecule has 0 radical (unpaired) electrons. The Morgan fingerprint density at radius 2 is 1.70 bits per heavy atom. The van der Waals surface area contributed by atoms with E-state index in [1.807, 2.05) is 0 Å². The van der Waals surface area contributed by atoms with Crippen molar-refractivity contribution in [1.29, 1.82) is 0 Å². The number of ether oxygens (including phenoxy) is 1. The molecule has 10 heteroatoms. The third kappa shape index (κ3) is 5.55. The van der Waals surface area contributed by atoms with Crippen molar-refractivity contribution in [3.63, 3.8) is 0 Å². The number of carbonyl (C=O) groups is 1. The Morgan fingerprint density at radius 1 is 0.939 bits per heavy atom. The molecule has 0 aliphatic carbocycles. The summed E-state index contributed by atoms with van der Waals surface area (Å²) in [6, 6.07) is 18.3. The number of nitrogens with one attached hydrogen (secondary N) is 2. The molecular weight excluding hydrogens is 451 g/mol. The first kappa shape index (κ1) is 22.0. The van der Waals surface area contributed by atoms with Crippen LogP contribution in [0.15, 0.2) is 93.0 Å². The predicted molar refractivity (Wildman–Crippen MR) is 120 cm³/mol. The first-order chi connectivity index (χ1) is 15.8. The zero-order chi connectivity index (χ0) is 23.4. The summed E-state index contributed by atoms with van der Waals surface area (Å²) in [5.74, 6) is -0.696. The fraction of sp³-hybridized carbons (Fsp3) is 0.0435. The minimum absolute atomic E-state index is 0.0568. The second-order valence-corrected chi connectivity index (χ2v) is 8.61. The number of anilines is 2. The summed E-state index contributed by atoms with van der Waals surface area (Å²) in [6.45, 7) is -0.316. The van der Waals surface area contributed by atoms with Crippen LogP contribution in [0.4, 0.5) is 15.8 Å². The number of carbonyl (C=O) groups excluding carboxylic acids is 1. The van der Waals surface area contributed by atoms with Crippen molar-refractivity contribution in [3.05, 3.63) is 95.1 Å². The zero-order valence-electron chi connectivity index (χ0n) is 16.9. The Balaban J connectivity index is 1.36. The molecule has 0 aliphatic rings. The van der Waals surface area contributed by atoms with Crippen molar-refractivity contribution in [2.45, 2.75) is 4.90 Å². The lowest BCUT2D eigenvalue weighted by Crippen LogP contribution is -2.20. The normalized spacial score (nSPS) is 11.2. The van der Waals surface area contributed by atoms with Crippen LogP contribution in [0.2, 0.25) is 0 Å². The highest BCUT2D eigenvalue weighted by Gasteiger charge is 2.15. The highest BCUT2D eigenvalue weighted by Crippen LogP contribution is 2.21. The smallest absolute Gasteiger partial charge is 0.336 e. The summed E-state index contributed by atoms with van der Waals surface area (Å²) in [6.07, 6.45) is 0. The van der Waals surface area contributed by atoms with Gasteiger partial charge in [0.2, 0.25) is 0 Å². The van der Waals surface area contributed by atoms with Crippen LogP contribution in [0.1, 0.15) is 0 Å². The standard InChI is InChI=1S/C23H17FN2O6S/c24-16-2-1-3-18(12-16)26-33(29,30)20-9-6-17(7-10-20)25-22(27)14-31-19-8-4-15-5-11-23(28)32-21(15)13-19/h1-13,26H,14H2,(H,25,27). The van der Waals surface area contributed by atoms with Gasteiger partial charge in [-0.15, -0.1) is 0 Å². The van der Waals surface area contributed by atoms with Crippen molar-refractivity contribution in [1.82, 2.24) is 0 Å². The Hall–Kier alpha value is -4.18. The van der Waals surface area contributed by atoms with Crippen LogP contribution >= 0.6 is 0 Å². The van der Waals surface area contributed by atoms with Gasteiger partial charge in [0, 0.05) is 23.2 Å². The molecule has 0 saturated carbocycles. The number of rotatable bonds is 7. The molecule has 1 aromatic heterocycles. The Kier molecular flexibility index (Phi) is 6.09. The molecule has 0 atom stereocenters. The Labute approximate surface area is 187 Å². The van der Waals surface area contributed by atoms with Crippen molar-refractivity contribution < 1.29 is 26.8 Å². The van der Waals surface area contributed by atoms with Crippen LogP contribution in [0, 0.1) is 5.82 Å². The molecule has 168 valence electrons. The van der Waals surface area contributed by atoms with E-state index in [0.717, 1.165) is 6.07 Å². The Bertz CT molecular complexity index is 1480. The number of amides is 1. The van der Waals surface area contributed by atoms with Crippen LogP contribution in [-0.4, -0.2) is 20.9 Å². The van der Waals surface area contributed by atoms with Crippen molar-refractivity contribution in [2.75, 3.05) is 16.6 Å². The van der Waals surface area contributed by atoms with Gasteiger partial charge in [0.05, 0.1) is 10.6 Å². The molecule has 1 heterocycles. The first-order valence-corrected chi connectivity index (χ1v) is 11.1. The monoisotopic (exact) mass is 468 g/mol. The minimum atomic E-state index is -3.93. The largest absolute Gasteiger partial charge is 0.484 e. The van der Waals surface area contributed by atoms with E-state index in [1.54, 1.807) is 18.2 Å². The quantitative estimate of drug-likeness (QED) is 0.399. The average molecular weight is 468 g/mol. The van der Waals surface area contributed by atoms with E-state index in [1.165, 1.54) is 54.6 Å². The maximum atomic E-state index is 13.3. The van der Waals surface area contributed by atoms with Crippen LogP contribution in [-0.2, 0) is 14.8 Å². The number of benzene rings is 3. The van der Waals surface area contributed by atoms with Gasteiger partial charge in [-0.2, -0.15) is 0 Å². The lowest BCUT2D eigenvalue weighted by atomic mass is 10.2. The molecule has 4 rings (SSSR count). The number of hydrogen-bond acceptors (Lipinski definition) is 6. The summed E-state index contributed by atoms with van der Waals surface area (Å²) < 4.78 is 51.0. The molecule has 0 unspecified atom stereocenters. The van der Waals surface area contributed by atoms with Crippen molar-refractivity contribution >= 4 is 38.3 Å². The molecule has 33 heavy (non-hydrogen) atoms. The van der Waals surface area contributed by atoms with E-state index < -0.39 is 27.4 Å². The van der Waals surface area contributed by atoms with E-state index in [2.05, 4.69) is 10.0 Å². The van der Waals surface area contributed by atoms with Crippen LogP contribution in [0.25, 0.3) is 11.0 Å². The second kappa shape index (κ2) is 9.13. The van der Waals surface area contributed by atoms with Gasteiger partial charge < -0.3 is 14.5 Å². The molecule has 4 aromatic rings. The Morgan fingerprint density at radius 3 is 2.45 bits per heavy atom. The third-order valence-electron chi connectivity index (χ3n) is 4.49. The third-order valence-corrected chi connectivity index (χ3v) is 5.89. The predicted octanol–water partition coefficient (Wildman–Crippen LogP) is 3.75. The van der Waals surface area contributed by atoms with Crippen molar-refractivity contribution in [3.8, 4) is 5.75 Å². The number of sulfonamides is 1. The van der Waals surface area contributed by atoms with Gasteiger partial charge in [-0.3, -0.25) is 9.52 Å². The lowest BCUT2D eigenvalue weighted by molar-refractivity contribution is -0.118. The zero-order valence-corrected chi connectivity index (χ0v) is 17.8. The number of fused-ring (bicyclic) bond motifs is 1. The lowest BCUT2D eigenvalue weighted by Gasteiger charge is -2.10.